The van der Waals surface area contributed by atoms with Crippen LogP contribution in [0, 0.1) is 5.92 Å². The van der Waals surface area contributed by atoms with E-state index in [-0.39, 0.29) is 11.8 Å². The Kier molecular flexibility index (Phi) is 4.98. The molecule has 2 heterocycles. The Labute approximate surface area is 157 Å². The van der Waals surface area contributed by atoms with Gasteiger partial charge in [-0.2, -0.15) is 0 Å². The summed E-state index contributed by atoms with van der Waals surface area (Å²) in [7, 11) is 0. The monoisotopic (exact) mass is 365 g/mol. The number of anilines is 1. The molecule has 0 bridgehead atoms. The number of hydrogen-bond donors (Lipinski definition) is 0. The molecule has 134 valence electrons. The zero-order valence-electron chi connectivity index (χ0n) is 15.0. The lowest BCUT2D eigenvalue weighted by Gasteiger charge is -2.22. The van der Waals surface area contributed by atoms with E-state index in [0.717, 1.165) is 53.1 Å². The molecular formula is C21H23N3OS. The Hall–Kier alpha value is -2.27. The summed E-state index contributed by atoms with van der Waals surface area (Å²) in [4.78, 5) is 24.4. The van der Waals surface area contributed by atoms with Crippen LogP contribution in [0.4, 0.5) is 5.13 Å². The molecule has 1 aliphatic carbocycles. The predicted octanol–water partition coefficient (Wildman–Crippen LogP) is 4.98. The Balaban J connectivity index is 1.73. The minimum atomic E-state index is 0.122. The van der Waals surface area contributed by atoms with Crippen molar-refractivity contribution in [3.05, 3.63) is 53.9 Å². The fourth-order valence-corrected chi connectivity index (χ4v) is 4.70. The first kappa shape index (κ1) is 17.2. The third-order valence-corrected chi connectivity index (χ3v) is 6.16. The van der Waals surface area contributed by atoms with Gasteiger partial charge in [-0.05, 0) is 43.0 Å². The van der Waals surface area contributed by atoms with Gasteiger partial charge in [0.05, 0.1) is 22.5 Å². The molecule has 0 unspecified atom stereocenters. The normalized spacial score (nSPS) is 14.8. The molecule has 26 heavy (non-hydrogen) atoms. The van der Waals surface area contributed by atoms with E-state index in [1.807, 2.05) is 23.1 Å². The van der Waals surface area contributed by atoms with Gasteiger partial charge < -0.3 is 0 Å². The van der Waals surface area contributed by atoms with Crippen molar-refractivity contribution in [3.63, 3.8) is 0 Å². The van der Waals surface area contributed by atoms with Gasteiger partial charge in [0.25, 0.3) is 0 Å². The number of hydrogen-bond acceptors (Lipinski definition) is 4. The van der Waals surface area contributed by atoms with Gasteiger partial charge in [-0.1, -0.05) is 49.3 Å². The molecule has 5 heteroatoms. The highest BCUT2D eigenvalue weighted by atomic mass is 32.1. The highest BCUT2D eigenvalue weighted by molar-refractivity contribution is 7.22. The van der Waals surface area contributed by atoms with Crippen LogP contribution in [0.25, 0.3) is 10.2 Å². The molecule has 1 fully saturated rings. The number of carbonyl (C=O) groups excluding carboxylic acids is 1. The molecule has 1 amide bonds. The number of fused-ring (bicyclic) bond motifs is 1. The molecule has 0 N–H and O–H groups in total. The van der Waals surface area contributed by atoms with Crippen molar-refractivity contribution in [2.24, 2.45) is 5.92 Å². The summed E-state index contributed by atoms with van der Waals surface area (Å²) < 4.78 is 1.14. The summed E-state index contributed by atoms with van der Waals surface area (Å²) in [5.74, 6) is 0.321. The molecule has 4 nitrogen and oxygen atoms in total. The highest BCUT2D eigenvalue weighted by Gasteiger charge is 2.30. The maximum Gasteiger partial charge on any atom is 0.232 e. The molecule has 0 spiro atoms. The Morgan fingerprint density at radius 3 is 2.77 bits per heavy atom. The van der Waals surface area contributed by atoms with Crippen LogP contribution >= 0.6 is 11.3 Å². The maximum absolute atomic E-state index is 13.2. The van der Waals surface area contributed by atoms with Gasteiger partial charge in [0.15, 0.2) is 5.13 Å². The predicted molar refractivity (Wildman–Crippen MR) is 106 cm³/mol. The van der Waals surface area contributed by atoms with Crippen molar-refractivity contribution in [3.8, 4) is 0 Å². The number of benzene rings is 1. The fourth-order valence-electron chi connectivity index (χ4n) is 3.68. The maximum atomic E-state index is 13.2. The quantitative estimate of drug-likeness (QED) is 0.641. The van der Waals surface area contributed by atoms with Crippen molar-refractivity contribution in [1.82, 2.24) is 9.97 Å². The average Bonchev–Trinajstić information content (AvgIpc) is 3.35. The Morgan fingerprint density at radius 2 is 2.04 bits per heavy atom. The van der Waals surface area contributed by atoms with E-state index < -0.39 is 0 Å². The molecular weight excluding hydrogens is 342 g/mol. The fraction of sp³-hybridized carbons (Fsp3) is 0.381. The number of aryl methyl sites for hydroxylation is 1. The lowest BCUT2D eigenvalue weighted by molar-refractivity contribution is -0.122. The molecule has 3 aromatic rings. The van der Waals surface area contributed by atoms with Crippen molar-refractivity contribution in [1.29, 1.82) is 0 Å². The molecule has 4 rings (SSSR count). The molecule has 0 aliphatic heterocycles. The van der Waals surface area contributed by atoms with Crippen molar-refractivity contribution >= 4 is 32.6 Å². The van der Waals surface area contributed by atoms with Gasteiger partial charge in [-0.15, -0.1) is 0 Å². The van der Waals surface area contributed by atoms with Gasteiger partial charge >= 0.3 is 0 Å². The van der Waals surface area contributed by atoms with Gasteiger partial charge in [0, 0.05) is 12.1 Å². The minimum Gasteiger partial charge on any atom is -0.282 e. The minimum absolute atomic E-state index is 0.122. The van der Waals surface area contributed by atoms with Crippen molar-refractivity contribution in [2.75, 3.05) is 4.90 Å². The molecule has 0 saturated heterocycles. The summed E-state index contributed by atoms with van der Waals surface area (Å²) in [6, 6.07) is 12.1. The van der Waals surface area contributed by atoms with Crippen LogP contribution in [0.1, 0.15) is 43.9 Å². The summed E-state index contributed by atoms with van der Waals surface area (Å²) in [6.07, 6.45) is 6.99. The van der Waals surface area contributed by atoms with Gasteiger partial charge in [0.2, 0.25) is 5.91 Å². The zero-order chi connectivity index (χ0) is 17.9. The number of carbonyl (C=O) groups is 1. The van der Waals surface area contributed by atoms with E-state index in [2.05, 4.69) is 30.1 Å². The second kappa shape index (κ2) is 7.54. The van der Waals surface area contributed by atoms with Crippen LogP contribution in [0.2, 0.25) is 0 Å². The third-order valence-electron chi connectivity index (χ3n) is 5.12. The summed E-state index contributed by atoms with van der Waals surface area (Å²) >= 11 is 1.61. The smallest absolute Gasteiger partial charge is 0.232 e. The number of nitrogens with zero attached hydrogens (tertiary/aromatic N) is 3. The molecule has 2 aromatic heterocycles. The lowest BCUT2D eigenvalue weighted by Crippen LogP contribution is -2.35. The Morgan fingerprint density at radius 1 is 1.19 bits per heavy atom. The third kappa shape index (κ3) is 3.36. The van der Waals surface area contributed by atoms with Crippen LogP contribution in [-0.2, 0) is 17.8 Å². The SMILES string of the molecule is CCc1cccc2sc(N(Cc3ccccn3)C(=O)C3CCCC3)nc12. The van der Waals surface area contributed by atoms with Gasteiger partial charge in [-0.25, -0.2) is 4.98 Å². The number of thiazole rings is 1. The van der Waals surface area contributed by atoms with E-state index in [4.69, 9.17) is 4.98 Å². The average molecular weight is 366 g/mol. The number of aromatic nitrogens is 2. The largest absolute Gasteiger partial charge is 0.282 e. The number of pyridine rings is 1. The Bertz CT molecular complexity index is 900. The summed E-state index contributed by atoms with van der Waals surface area (Å²) in [5, 5.41) is 0.795. The van der Waals surface area contributed by atoms with Gasteiger partial charge in [-0.3, -0.25) is 14.7 Å². The number of amides is 1. The van der Waals surface area contributed by atoms with Crippen molar-refractivity contribution < 1.29 is 4.79 Å². The molecule has 0 atom stereocenters. The highest BCUT2D eigenvalue weighted by Crippen LogP contribution is 2.35. The standard InChI is InChI=1S/C21H23N3OS/c1-2-15-10-7-12-18-19(15)23-21(26-18)24(14-17-11-5-6-13-22-17)20(25)16-8-3-4-9-16/h5-7,10-13,16H,2-4,8-9,14H2,1H3. The van der Waals surface area contributed by atoms with Crippen LogP contribution in [0.5, 0.6) is 0 Å². The van der Waals surface area contributed by atoms with Crippen LogP contribution < -0.4 is 4.90 Å². The zero-order valence-corrected chi connectivity index (χ0v) is 15.8. The van der Waals surface area contributed by atoms with E-state index in [1.54, 1.807) is 17.5 Å². The topological polar surface area (TPSA) is 46.1 Å². The first-order valence-electron chi connectivity index (χ1n) is 9.36. The molecule has 1 aromatic carbocycles. The second-order valence-electron chi connectivity index (χ2n) is 6.84. The lowest BCUT2D eigenvalue weighted by atomic mass is 10.1. The van der Waals surface area contributed by atoms with Crippen LogP contribution in [0.3, 0.4) is 0 Å². The van der Waals surface area contributed by atoms with E-state index in [0.29, 0.717) is 6.54 Å². The van der Waals surface area contributed by atoms with E-state index >= 15 is 0 Å². The number of para-hydroxylation sites is 1. The second-order valence-corrected chi connectivity index (χ2v) is 7.85. The molecule has 1 saturated carbocycles. The van der Waals surface area contributed by atoms with Gasteiger partial charge in [0.1, 0.15) is 0 Å². The molecule has 0 radical (unpaired) electrons. The number of rotatable bonds is 5. The molecule has 1 aliphatic rings. The summed E-state index contributed by atoms with van der Waals surface area (Å²) in [5.41, 5.74) is 3.16. The van der Waals surface area contributed by atoms with Crippen LogP contribution in [-0.4, -0.2) is 15.9 Å². The van der Waals surface area contributed by atoms with E-state index in [1.165, 1.54) is 5.56 Å². The first-order chi connectivity index (χ1) is 12.8. The van der Waals surface area contributed by atoms with Crippen molar-refractivity contribution in [2.45, 2.75) is 45.6 Å². The summed E-state index contributed by atoms with van der Waals surface area (Å²) in [6.45, 7) is 2.63. The van der Waals surface area contributed by atoms with Crippen LogP contribution in [0.15, 0.2) is 42.6 Å². The van der Waals surface area contributed by atoms with E-state index in [9.17, 15) is 4.79 Å². The first-order valence-corrected chi connectivity index (χ1v) is 10.2.